The predicted octanol–water partition coefficient (Wildman–Crippen LogP) is 6.58. The monoisotopic (exact) mass is 503 g/mol. The van der Waals surface area contributed by atoms with Gasteiger partial charge in [-0.05, 0) is 29.8 Å². The summed E-state index contributed by atoms with van der Waals surface area (Å²) in [5.74, 6) is 1.06. The lowest BCUT2D eigenvalue weighted by molar-refractivity contribution is 0.107. The highest BCUT2D eigenvalue weighted by atomic mass is 35.5. The van der Waals surface area contributed by atoms with Crippen molar-refractivity contribution in [2.45, 2.75) is 13.0 Å². The molecule has 0 aliphatic carbocycles. The Hall–Kier alpha value is -3.13. The van der Waals surface area contributed by atoms with Crippen LogP contribution in [0.5, 0.6) is 11.5 Å². The van der Waals surface area contributed by atoms with Crippen LogP contribution in [-0.2, 0) is 11.3 Å². The summed E-state index contributed by atoms with van der Waals surface area (Å²) in [6.45, 7) is 1.61. The molecule has 1 aromatic heterocycles. The van der Waals surface area contributed by atoms with Crippen LogP contribution in [-0.4, -0.2) is 30.3 Å². The fraction of sp³-hybridized carbons (Fsp3) is 0.200. The lowest BCUT2D eigenvalue weighted by Crippen LogP contribution is -2.05. The van der Waals surface area contributed by atoms with E-state index >= 15 is 0 Å². The minimum Gasteiger partial charge on any atom is -0.493 e. The molecule has 0 atom stereocenters. The highest BCUT2D eigenvalue weighted by Gasteiger charge is 2.13. The van der Waals surface area contributed by atoms with E-state index < -0.39 is 5.82 Å². The number of hydrogen-bond donors (Lipinski definition) is 1. The molecule has 0 bridgehead atoms. The van der Waals surface area contributed by atoms with Crippen molar-refractivity contribution in [1.29, 1.82) is 0 Å². The van der Waals surface area contributed by atoms with Crippen molar-refractivity contribution in [2.24, 2.45) is 0 Å². The zero-order valence-corrected chi connectivity index (χ0v) is 20.0. The number of benzene rings is 3. The Kier molecular flexibility index (Phi) is 9.27. The number of rotatable bonds is 10. The van der Waals surface area contributed by atoms with E-state index in [1.165, 1.54) is 12.4 Å². The number of fused-ring (bicyclic) bond motifs is 1. The molecule has 0 spiro atoms. The molecule has 0 unspecified atom stereocenters. The van der Waals surface area contributed by atoms with Gasteiger partial charge in [-0.25, -0.2) is 14.4 Å². The van der Waals surface area contributed by atoms with Crippen LogP contribution in [0.4, 0.5) is 15.9 Å². The molecule has 4 rings (SSSR count). The number of halogens is 3. The van der Waals surface area contributed by atoms with E-state index in [9.17, 15) is 4.39 Å². The summed E-state index contributed by atoms with van der Waals surface area (Å²) < 4.78 is 31.3. The Bertz CT molecular complexity index is 1230. The number of nitrogens with one attached hydrogen (secondary N) is 1. The molecule has 9 heteroatoms. The fourth-order valence-corrected chi connectivity index (χ4v) is 3.42. The third-order valence-corrected chi connectivity index (χ3v) is 5.14. The number of ether oxygens (including phenoxy) is 3. The van der Waals surface area contributed by atoms with Crippen molar-refractivity contribution >= 4 is 46.4 Å². The van der Waals surface area contributed by atoms with Crippen LogP contribution >= 0.6 is 24.0 Å². The first-order chi connectivity index (χ1) is 16.1. The highest BCUT2D eigenvalue weighted by molar-refractivity contribution is 6.30. The van der Waals surface area contributed by atoms with Crippen LogP contribution < -0.4 is 14.8 Å². The van der Waals surface area contributed by atoms with E-state index in [0.717, 1.165) is 12.0 Å². The first-order valence-corrected chi connectivity index (χ1v) is 10.8. The number of aromatic nitrogens is 2. The highest BCUT2D eigenvalue weighted by Crippen LogP contribution is 2.35. The van der Waals surface area contributed by atoms with E-state index in [4.69, 9.17) is 25.8 Å². The third kappa shape index (κ3) is 6.47. The second-order valence-electron chi connectivity index (χ2n) is 7.23. The third-order valence-electron chi connectivity index (χ3n) is 4.91. The van der Waals surface area contributed by atoms with Gasteiger partial charge in [-0.3, -0.25) is 0 Å². The van der Waals surface area contributed by atoms with Gasteiger partial charge in [0.15, 0.2) is 11.5 Å². The topological polar surface area (TPSA) is 65.5 Å². The molecule has 0 aliphatic rings. The first-order valence-electron chi connectivity index (χ1n) is 10.4. The van der Waals surface area contributed by atoms with Gasteiger partial charge in [0.25, 0.3) is 0 Å². The summed E-state index contributed by atoms with van der Waals surface area (Å²) in [6.07, 6.45) is 2.13. The van der Waals surface area contributed by atoms with E-state index in [1.54, 1.807) is 31.4 Å². The van der Waals surface area contributed by atoms with Crippen LogP contribution in [0, 0.1) is 5.82 Å². The summed E-state index contributed by atoms with van der Waals surface area (Å²) >= 11 is 5.84. The zero-order chi connectivity index (χ0) is 23.0. The molecule has 1 heterocycles. The summed E-state index contributed by atoms with van der Waals surface area (Å²) in [5, 5.41) is 3.98. The molecular formula is C25H24Cl2FN3O3. The average Bonchev–Trinajstić information content (AvgIpc) is 2.83. The number of methoxy groups -OCH3 is 1. The summed E-state index contributed by atoms with van der Waals surface area (Å²) in [5.41, 5.74) is 2.03. The van der Waals surface area contributed by atoms with E-state index in [-0.39, 0.29) is 18.1 Å². The Morgan fingerprint density at radius 2 is 1.79 bits per heavy atom. The second-order valence-corrected chi connectivity index (χ2v) is 7.67. The Morgan fingerprint density at radius 1 is 0.971 bits per heavy atom. The van der Waals surface area contributed by atoms with Crippen molar-refractivity contribution in [3.63, 3.8) is 0 Å². The number of anilines is 2. The van der Waals surface area contributed by atoms with Crippen LogP contribution in [0.3, 0.4) is 0 Å². The molecule has 178 valence electrons. The molecule has 1 N–H and O–H groups in total. The molecule has 0 fully saturated rings. The van der Waals surface area contributed by atoms with E-state index in [2.05, 4.69) is 15.3 Å². The molecule has 0 aliphatic heterocycles. The zero-order valence-electron chi connectivity index (χ0n) is 18.5. The van der Waals surface area contributed by atoms with Gasteiger partial charge in [0.2, 0.25) is 0 Å². The molecule has 0 saturated heterocycles. The van der Waals surface area contributed by atoms with Gasteiger partial charge < -0.3 is 19.5 Å². The van der Waals surface area contributed by atoms with Crippen LogP contribution in [0.2, 0.25) is 5.02 Å². The van der Waals surface area contributed by atoms with Crippen molar-refractivity contribution in [3.05, 3.63) is 83.4 Å². The van der Waals surface area contributed by atoms with Crippen molar-refractivity contribution in [2.75, 3.05) is 25.6 Å². The molecular weight excluding hydrogens is 480 g/mol. The lowest BCUT2D eigenvalue weighted by Gasteiger charge is -2.14. The van der Waals surface area contributed by atoms with Gasteiger partial charge in [-0.2, -0.15) is 0 Å². The molecule has 34 heavy (non-hydrogen) atoms. The molecule has 4 aromatic rings. The van der Waals surface area contributed by atoms with Gasteiger partial charge >= 0.3 is 0 Å². The van der Waals surface area contributed by atoms with E-state index in [1.807, 2.05) is 30.3 Å². The lowest BCUT2D eigenvalue weighted by atomic mass is 10.2. The summed E-state index contributed by atoms with van der Waals surface area (Å²) in [7, 11) is 1.56. The van der Waals surface area contributed by atoms with Crippen LogP contribution in [0.25, 0.3) is 10.9 Å². The largest absolute Gasteiger partial charge is 0.493 e. The molecule has 0 saturated carbocycles. The van der Waals surface area contributed by atoms with Gasteiger partial charge in [-0.1, -0.05) is 41.9 Å². The maximum Gasteiger partial charge on any atom is 0.163 e. The predicted molar refractivity (Wildman–Crippen MR) is 134 cm³/mol. The molecule has 0 amide bonds. The van der Waals surface area contributed by atoms with Crippen molar-refractivity contribution in [3.8, 4) is 11.5 Å². The molecule has 3 aromatic carbocycles. The minimum absolute atomic E-state index is 0. The Labute approximate surface area is 208 Å². The standard InChI is InChI=1S/C25H23ClFN3O3.ClH/c1-31-23-13-19-22(28-16-29-25(19)30-21-9-8-18(26)12-20(21)27)14-24(23)33-11-5-10-32-15-17-6-3-2-4-7-17;/h2-4,6-9,12-14,16H,5,10-11,15H2,1H3,(H,28,29,30);1H. The van der Waals surface area contributed by atoms with Gasteiger partial charge in [-0.15, -0.1) is 12.4 Å². The summed E-state index contributed by atoms with van der Waals surface area (Å²) in [4.78, 5) is 8.58. The first kappa shape index (κ1) is 25.5. The van der Waals surface area contributed by atoms with Crippen molar-refractivity contribution in [1.82, 2.24) is 9.97 Å². The van der Waals surface area contributed by atoms with E-state index in [0.29, 0.717) is 53.1 Å². The second kappa shape index (κ2) is 12.4. The quantitative estimate of drug-likeness (QED) is 0.246. The molecule has 6 nitrogen and oxygen atoms in total. The maximum absolute atomic E-state index is 14.2. The minimum atomic E-state index is -0.476. The number of nitrogens with zero attached hydrogens (tertiary/aromatic N) is 2. The maximum atomic E-state index is 14.2. The fourth-order valence-electron chi connectivity index (χ4n) is 3.26. The average molecular weight is 504 g/mol. The van der Waals surface area contributed by atoms with Gasteiger partial charge in [0.05, 0.1) is 38.1 Å². The number of hydrogen-bond acceptors (Lipinski definition) is 6. The molecule has 0 radical (unpaired) electrons. The van der Waals surface area contributed by atoms with Crippen LogP contribution in [0.1, 0.15) is 12.0 Å². The Morgan fingerprint density at radius 3 is 2.56 bits per heavy atom. The van der Waals surface area contributed by atoms with Crippen molar-refractivity contribution < 1.29 is 18.6 Å². The van der Waals surface area contributed by atoms with Crippen LogP contribution in [0.15, 0.2) is 67.0 Å². The normalized spacial score (nSPS) is 10.6. The smallest absolute Gasteiger partial charge is 0.163 e. The Balaban J connectivity index is 0.00000324. The SMILES string of the molecule is COc1cc2c(Nc3ccc(Cl)cc3F)ncnc2cc1OCCCOCc1ccccc1.Cl. The van der Waals surface area contributed by atoms with Gasteiger partial charge in [0, 0.05) is 22.9 Å². The van der Waals surface area contributed by atoms with Gasteiger partial charge in [0.1, 0.15) is 18.0 Å². The summed E-state index contributed by atoms with van der Waals surface area (Å²) in [6, 6.07) is 18.0.